The number of carbonyl (C=O) groups is 2. The van der Waals surface area contributed by atoms with Gasteiger partial charge in [0, 0.05) is 26.1 Å². The SMILES string of the molecule is CCOc1cc2c(cc1OC)C1CC(=Nc3c(C)cc(C)cc3C)N(CCN3CCOC3=O)C(=O)N1CC2. The summed E-state index contributed by atoms with van der Waals surface area (Å²) in [5, 5.41) is 0. The van der Waals surface area contributed by atoms with Gasteiger partial charge in [0.2, 0.25) is 0 Å². The third kappa shape index (κ3) is 4.77. The minimum atomic E-state index is -0.333. The quantitative estimate of drug-likeness (QED) is 0.517. The van der Waals surface area contributed by atoms with E-state index in [-0.39, 0.29) is 18.2 Å². The third-order valence-electron chi connectivity index (χ3n) is 7.56. The van der Waals surface area contributed by atoms with E-state index in [4.69, 9.17) is 19.2 Å². The van der Waals surface area contributed by atoms with Crippen molar-refractivity contribution in [1.29, 1.82) is 0 Å². The maximum absolute atomic E-state index is 14.0. The van der Waals surface area contributed by atoms with Gasteiger partial charge in [0.25, 0.3) is 0 Å². The highest BCUT2D eigenvalue weighted by Crippen LogP contribution is 2.42. The van der Waals surface area contributed by atoms with Crippen molar-refractivity contribution >= 4 is 23.6 Å². The molecule has 9 nitrogen and oxygen atoms in total. The molecule has 2 fully saturated rings. The van der Waals surface area contributed by atoms with Gasteiger partial charge in [-0.3, -0.25) is 4.90 Å². The lowest BCUT2D eigenvalue weighted by molar-refractivity contribution is 0.129. The topological polar surface area (TPSA) is 83.9 Å². The first kappa shape index (κ1) is 25.9. The normalized spacial score (nSPS) is 20.0. The molecule has 1 unspecified atom stereocenters. The number of amidine groups is 1. The number of hydrogen-bond donors (Lipinski definition) is 0. The molecule has 38 heavy (non-hydrogen) atoms. The molecule has 1 atom stereocenters. The lowest BCUT2D eigenvalue weighted by Gasteiger charge is -2.45. The second-order valence-corrected chi connectivity index (χ2v) is 10.1. The van der Waals surface area contributed by atoms with Crippen LogP contribution in [0.25, 0.3) is 0 Å². The summed E-state index contributed by atoms with van der Waals surface area (Å²) in [5.41, 5.74) is 6.44. The summed E-state index contributed by atoms with van der Waals surface area (Å²) in [5.74, 6) is 2.10. The van der Waals surface area contributed by atoms with Gasteiger partial charge in [0.05, 0.1) is 32.0 Å². The number of nitrogens with zero attached hydrogens (tertiary/aromatic N) is 4. The molecular formula is C29H36N4O5. The number of fused-ring (bicyclic) bond motifs is 3. The molecule has 5 rings (SSSR count). The Kier molecular flexibility index (Phi) is 7.19. The van der Waals surface area contributed by atoms with Gasteiger partial charge >= 0.3 is 12.1 Å². The van der Waals surface area contributed by atoms with Crippen LogP contribution in [-0.4, -0.2) is 79.2 Å². The van der Waals surface area contributed by atoms with E-state index >= 15 is 0 Å². The van der Waals surface area contributed by atoms with Crippen molar-refractivity contribution in [3.8, 4) is 11.5 Å². The van der Waals surface area contributed by atoms with Crippen LogP contribution >= 0.6 is 0 Å². The Balaban J connectivity index is 1.54. The predicted molar refractivity (Wildman–Crippen MR) is 145 cm³/mol. The largest absolute Gasteiger partial charge is 0.493 e. The Labute approximate surface area is 224 Å². The van der Waals surface area contributed by atoms with Gasteiger partial charge in [-0.2, -0.15) is 0 Å². The van der Waals surface area contributed by atoms with Crippen molar-refractivity contribution in [3.05, 3.63) is 52.1 Å². The summed E-state index contributed by atoms with van der Waals surface area (Å²) in [4.78, 5) is 36.5. The van der Waals surface area contributed by atoms with Gasteiger partial charge < -0.3 is 24.0 Å². The van der Waals surface area contributed by atoms with E-state index in [1.54, 1.807) is 16.9 Å². The highest BCUT2D eigenvalue weighted by atomic mass is 16.6. The lowest BCUT2D eigenvalue weighted by atomic mass is 9.88. The number of amides is 3. The Morgan fingerprint density at radius 2 is 1.79 bits per heavy atom. The van der Waals surface area contributed by atoms with Crippen LogP contribution in [0.4, 0.5) is 15.3 Å². The highest BCUT2D eigenvalue weighted by Gasteiger charge is 2.42. The molecule has 2 aromatic rings. The van der Waals surface area contributed by atoms with E-state index in [9.17, 15) is 9.59 Å². The van der Waals surface area contributed by atoms with Gasteiger partial charge in [-0.25, -0.2) is 14.6 Å². The number of hydrogen-bond acceptors (Lipinski definition) is 6. The predicted octanol–water partition coefficient (Wildman–Crippen LogP) is 4.93. The molecule has 3 aliphatic heterocycles. The van der Waals surface area contributed by atoms with Crippen molar-refractivity contribution in [2.24, 2.45) is 4.99 Å². The van der Waals surface area contributed by atoms with Gasteiger partial charge in [-0.15, -0.1) is 0 Å². The van der Waals surface area contributed by atoms with Crippen LogP contribution in [0.2, 0.25) is 0 Å². The van der Waals surface area contributed by atoms with Crippen LogP contribution in [0.3, 0.4) is 0 Å². The molecule has 0 aliphatic carbocycles. The lowest BCUT2D eigenvalue weighted by Crippen LogP contribution is -2.56. The fraction of sp³-hybridized carbons (Fsp3) is 0.483. The van der Waals surface area contributed by atoms with Crippen molar-refractivity contribution in [1.82, 2.24) is 14.7 Å². The fourth-order valence-electron chi connectivity index (χ4n) is 5.79. The highest BCUT2D eigenvalue weighted by molar-refractivity contribution is 6.02. The molecular weight excluding hydrogens is 484 g/mol. The van der Waals surface area contributed by atoms with E-state index in [1.165, 1.54) is 11.1 Å². The van der Waals surface area contributed by atoms with Crippen LogP contribution < -0.4 is 9.47 Å². The molecule has 9 heteroatoms. The Bertz CT molecular complexity index is 1270. The first-order valence-electron chi connectivity index (χ1n) is 13.3. The summed E-state index contributed by atoms with van der Waals surface area (Å²) in [6.45, 7) is 11.0. The third-order valence-corrected chi connectivity index (χ3v) is 7.56. The summed E-state index contributed by atoms with van der Waals surface area (Å²) < 4.78 is 16.5. The first-order chi connectivity index (χ1) is 18.3. The summed E-state index contributed by atoms with van der Waals surface area (Å²) in [6, 6.07) is 8.05. The molecule has 0 saturated carbocycles. The Morgan fingerprint density at radius 3 is 2.45 bits per heavy atom. The number of cyclic esters (lactones) is 1. The molecule has 202 valence electrons. The summed E-state index contributed by atoms with van der Waals surface area (Å²) >= 11 is 0. The minimum absolute atomic E-state index is 0.0894. The number of urea groups is 1. The molecule has 0 aromatic heterocycles. The van der Waals surface area contributed by atoms with Gasteiger partial charge in [0.1, 0.15) is 12.4 Å². The van der Waals surface area contributed by atoms with Crippen molar-refractivity contribution in [2.75, 3.05) is 46.5 Å². The fourth-order valence-corrected chi connectivity index (χ4v) is 5.79. The van der Waals surface area contributed by atoms with Crippen LogP contribution in [0.1, 0.15) is 47.2 Å². The maximum Gasteiger partial charge on any atom is 0.410 e. The molecule has 0 bridgehead atoms. The standard InChI is InChI=1S/C29H36N4O5/c1-6-37-25-15-21-7-8-32-23(22(21)16-24(25)36-5)17-26(30-27-19(3)13-18(2)14-20(27)4)33(28(32)34)10-9-31-11-12-38-29(31)35/h13-16,23H,6-12,17H2,1-5H3. The second kappa shape index (κ2) is 10.6. The number of methoxy groups -OCH3 is 1. The monoisotopic (exact) mass is 520 g/mol. The molecule has 3 heterocycles. The molecule has 3 amide bonds. The number of aryl methyl sites for hydroxylation is 3. The second-order valence-electron chi connectivity index (χ2n) is 10.1. The Morgan fingerprint density at radius 1 is 1.03 bits per heavy atom. The van der Waals surface area contributed by atoms with Crippen LogP contribution in [0.15, 0.2) is 29.3 Å². The smallest absolute Gasteiger partial charge is 0.410 e. The van der Waals surface area contributed by atoms with E-state index in [2.05, 4.69) is 39.0 Å². The van der Waals surface area contributed by atoms with Gasteiger partial charge in [-0.1, -0.05) is 17.7 Å². The van der Waals surface area contributed by atoms with E-state index in [1.807, 2.05) is 17.9 Å². The van der Waals surface area contributed by atoms with Crippen molar-refractivity contribution in [2.45, 2.75) is 46.6 Å². The molecule has 0 N–H and O–H groups in total. The van der Waals surface area contributed by atoms with E-state index in [0.717, 1.165) is 34.5 Å². The zero-order chi connectivity index (χ0) is 27.0. The minimum Gasteiger partial charge on any atom is -0.493 e. The van der Waals surface area contributed by atoms with Crippen LogP contribution in [-0.2, 0) is 11.2 Å². The van der Waals surface area contributed by atoms with Gasteiger partial charge in [0.15, 0.2) is 11.5 Å². The molecule has 0 radical (unpaired) electrons. The number of benzene rings is 2. The van der Waals surface area contributed by atoms with Crippen LogP contribution in [0, 0.1) is 20.8 Å². The van der Waals surface area contributed by atoms with E-state index < -0.39 is 0 Å². The molecule has 2 saturated heterocycles. The zero-order valence-electron chi connectivity index (χ0n) is 22.9. The summed E-state index contributed by atoms with van der Waals surface area (Å²) in [6.07, 6.45) is 0.962. The van der Waals surface area contributed by atoms with Crippen molar-refractivity contribution in [3.63, 3.8) is 0 Å². The average Bonchev–Trinajstić information content (AvgIpc) is 3.29. The molecule has 3 aliphatic rings. The maximum atomic E-state index is 14.0. The Hall–Kier alpha value is -3.75. The number of carbonyl (C=O) groups excluding carboxylic acids is 2. The van der Waals surface area contributed by atoms with Crippen molar-refractivity contribution < 1.29 is 23.8 Å². The van der Waals surface area contributed by atoms with Gasteiger partial charge in [-0.05, 0) is 68.5 Å². The summed E-state index contributed by atoms with van der Waals surface area (Å²) in [7, 11) is 1.64. The zero-order valence-corrected chi connectivity index (χ0v) is 22.9. The van der Waals surface area contributed by atoms with Crippen LogP contribution in [0.5, 0.6) is 11.5 Å². The number of aliphatic imine (C=N–C) groups is 1. The average molecular weight is 521 g/mol. The first-order valence-corrected chi connectivity index (χ1v) is 13.3. The molecule has 2 aromatic carbocycles. The van der Waals surface area contributed by atoms with E-state index in [0.29, 0.717) is 57.4 Å². The molecule has 0 spiro atoms. The number of rotatable bonds is 7. The number of ether oxygens (including phenoxy) is 3.